The van der Waals surface area contributed by atoms with Crippen molar-refractivity contribution in [1.29, 1.82) is 0 Å². The molecule has 0 bridgehead atoms. The molecule has 0 unspecified atom stereocenters. The fourth-order valence-corrected chi connectivity index (χ4v) is 3.07. The van der Waals surface area contributed by atoms with Crippen molar-refractivity contribution < 1.29 is 9.53 Å². The molecule has 7 heteroatoms. The van der Waals surface area contributed by atoms with Crippen LogP contribution in [0.1, 0.15) is 42.9 Å². The number of nitrogens with two attached hydrogens (primary N) is 1. The molecule has 0 fully saturated rings. The van der Waals surface area contributed by atoms with Gasteiger partial charge in [0.15, 0.2) is 11.6 Å². The molecule has 3 N–H and O–H groups in total. The van der Waals surface area contributed by atoms with Crippen molar-refractivity contribution >= 4 is 23.1 Å². The van der Waals surface area contributed by atoms with Crippen LogP contribution in [0.3, 0.4) is 0 Å². The summed E-state index contributed by atoms with van der Waals surface area (Å²) in [5.41, 5.74) is 10.1. The van der Waals surface area contributed by atoms with Gasteiger partial charge in [-0.05, 0) is 62.1 Å². The maximum absolute atomic E-state index is 12.6. The Hall–Kier alpha value is -3.58. The molecule has 0 aliphatic carbocycles. The van der Waals surface area contributed by atoms with Crippen LogP contribution in [0, 0.1) is 0 Å². The summed E-state index contributed by atoms with van der Waals surface area (Å²) in [6, 6.07) is 18.8. The van der Waals surface area contributed by atoms with E-state index in [-0.39, 0.29) is 13.3 Å². The van der Waals surface area contributed by atoms with Gasteiger partial charge in [0.2, 0.25) is 0 Å². The van der Waals surface area contributed by atoms with Crippen LogP contribution in [0.25, 0.3) is 0 Å². The van der Waals surface area contributed by atoms with Crippen molar-refractivity contribution in [2.75, 3.05) is 44.1 Å². The molecule has 0 spiro atoms. The Kier molecular flexibility index (Phi) is 11.6. The summed E-state index contributed by atoms with van der Waals surface area (Å²) in [4.78, 5) is 21.0. The van der Waals surface area contributed by atoms with Gasteiger partial charge < -0.3 is 25.6 Å². The fraction of sp³-hybridized carbons (Fsp3) is 0.333. The van der Waals surface area contributed by atoms with E-state index >= 15 is 0 Å². The van der Waals surface area contributed by atoms with Gasteiger partial charge in [-0.3, -0.25) is 4.79 Å². The quantitative estimate of drug-likeness (QED) is 0.471. The summed E-state index contributed by atoms with van der Waals surface area (Å²) in [5.74, 6) is 0.744. The summed E-state index contributed by atoms with van der Waals surface area (Å²) < 4.78 is 5.85. The third-order valence-electron chi connectivity index (χ3n) is 4.63. The van der Waals surface area contributed by atoms with E-state index in [1.54, 1.807) is 6.07 Å². The van der Waals surface area contributed by atoms with Gasteiger partial charge in [0, 0.05) is 37.6 Å². The highest BCUT2D eigenvalue weighted by Gasteiger charge is 2.09. The molecule has 7 nitrogen and oxygen atoms in total. The Morgan fingerprint density at radius 3 is 2.35 bits per heavy atom. The minimum absolute atomic E-state index is 0. The van der Waals surface area contributed by atoms with Crippen LogP contribution in [0.2, 0.25) is 0 Å². The highest BCUT2D eigenvalue weighted by molar-refractivity contribution is 6.04. The average Bonchev–Trinajstić information content (AvgIpc) is 2.80. The molecule has 2 aromatic carbocycles. The number of pyridine rings is 1. The lowest BCUT2D eigenvalue weighted by Gasteiger charge is -2.14. The van der Waals surface area contributed by atoms with Crippen LogP contribution in [0.15, 0.2) is 60.7 Å². The molecule has 3 aromatic rings. The SMILES string of the molecule is C.CC.CN(C)Cc1ccc(OCc2cccc(NC(=O)c3cccc(N(C)C)c3)c2)c(N)n1. The van der Waals surface area contributed by atoms with E-state index in [2.05, 4.69) is 10.3 Å². The number of carbonyl (C=O) groups is 1. The molecule has 0 aliphatic heterocycles. The number of nitrogens with one attached hydrogen (secondary N) is 1. The molecular weight excluding hydrogens is 426 g/mol. The van der Waals surface area contributed by atoms with Crippen LogP contribution in [0.5, 0.6) is 5.75 Å². The Bertz CT molecular complexity index is 1050. The number of rotatable bonds is 8. The first kappa shape index (κ1) is 28.5. The van der Waals surface area contributed by atoms with Gasteiger partial charge in [0.1, 0.15) is 6.61 Å². The number of hydrogen-bond acceptors (Lipinski definition) is 6. The van der Waals surface area contributed by atoms with Crippen LogP contribution in [0.4, 0.5) is 17.2 Å². The normalized spacial score (nSPS) is 9.97. The van der Waals surface area contributed by atoms with Gasteiger partial charge >= 0.3 is 0 Å². The highest BCUT2D eigenvalue weighted by Crippen LogP contribution is 2.22. The highest BCUT2D eigenvalue weighted by atomic mass is 16.5. The largest absolute Gasteiger partial charge is 0.485 e. The summed E-state index contributed by atoms with van der Waals surface area (Å²) in [6.45, 7) is 5.03. The molecule has 3 rings (SSSR count). The third kappa shape index (κ3) is 8.41. The molecule has 0 atom stereocenters. The summed E-state index contributed by atoms with van der Waals surface area (Å²) >= 11 is 0. The molecule has 0 saturated carbocycles. The number of anilines is 3. The fourth-order valence-electron chi connectivity index (χ4n) is 3.07. The molecule has 1 heterocycles. The van der Waals surface area contributed by atoms with E-state index in [9.17, 15) is 4.79 Å². The van der Waals surface area contributed by atoms with Crippen LogP contribution < -0.4 is 20.7 Å². The number of amides is 1. The second-order valence-corrected chi connectivity index (χ2v) is 7.81. The molecule has 0 aliphatic rings. The summed E-state index contributed by atoms with van der Waals surface area (Å²) in [6.07, 6.45) is 0. The maximum atomic E-state index is 12.6. The number of aromatic nitrogens is 1. The van der Waals surface area contributed by atoms with Crippen molar-refractivity contribution in [3.63, 3.8) is 0 Å². The summed E-state index contributed by atoms with van der Waals surface area (Å²) in [5, 5.41) is 2.95. The number of hydrogen-bond donors (Lipinski definition) is 2. The molecule has 184 valence electrons. The molecule has 0 saturated heterocycles. The minimum Gasteiger partial charge on any atom is -0.485 e. The van der Waals surface area contributed by atoms with E-state index in [0.717, 1.165) is 16.9 Å². The topological polar surface area (TPSA) is 83.7 Å². The van der Waals surface area contributed by atoms with Crippen LogP contribution in [-0.2, 0) is 13.2 Å². The lowest BCUT2D eigenvalue weighted by Crippen LogP contribution is -2.14. The van der Waals surface area contributed by atoms with E-state index in [4.69, 9.17) is 10.5 Å². The van der Waals surface area contributed by atoms with Crippen molar-refractivity contribution in [1.82, 2.24) is 9.88 Å². The van der Waals surface area contributed by atoms with Gasteiger partial charge in [0.25, 0.3) is 5.91 Å². The third-order valence-corrected chi connectivity index (χ3v) is 4.63. The first-order chi connectivity index (χ1) is 15.8. The first-order valence-corrected chi connectivity index (χ1v) is 11.0. The lowest BCUT2D eigenvalue weighted by atomic mass is 10.1. The lowest BCUT2D eigenvalue weighted by molar-refractivity contribution is 0.102. The van der Waals surface area contributed by atoms with E-state index in [1.165, 1.54) is 0 Å². The molecule has 1 aromatic heterocycles. The number of carbonyl (C=O) groups excluding carboxylic acids is 1. The predicted molar refractivity (Wildman–Crippen MR) is 144 cm³/mol. The van der Waals surface area contributed by atoms with Gasteiger partial charge in [-0.1, -0.05) is 39.5 Å². The van der Waals surface area contributed by atoms with E-state index in [0.29, 0.717) is 36.0 Å². The number of benzene rings is 2. The predicted octanol–water partition coefficient (Wildman–Crippen LogP) is 5.29. The smallest absolute Gasteiger partial charge is 0.255 e. The van der Waals surface area contributed by atoms with Crippen molar-refractivity contribution in [2.24, 2.45) is 0 Å². The van der Waals surface area contributed by atoms with Crippen LogP contribution in [-0.4, -0.2) is 44.0 Å². The second kappa shape index (κ2) is 13.9. The molecule has 34 heavy (non-hydrogen) atoms. The Morgan fingerprint density at radius 1 is 1.00 bits per heavy atom. The van der Waals surface area contributed by atoms with Gasteiger partial charge in [0.05, 0.1) is 5.69 Å². The number of ether oxygens (including phenoxy) is 1. The Morgan fingerprint density at radius 2 is 1.71 bits per heavy atom. The van der Waals surface area contributed by atoms with Crippen LogP contribution >= 0.6 is 0 Å². The monoisotopic (exact) mass is 465 g/mol. The van der Waals surface area contributed by atoms with Gasteiger partial charge in [-0.15, -0.1) is 0 Å². The maximum Gasteiger partial charge on any atom is 0.255 e. The average molecular weight is 466 g/mol. The number of nitrogens with zero attached hydrogens (tertiary/aromatic N) is 3. The van der Waals surface area contributed by atoms with E-state index in [1.807, 2.05) is 106 Å². The van der Waals surface area contributed by atoms with Gasteiger partial charge in [-0.25, -0.2) is 4.98 Å². The van der Waals surface area contributed by atoms with Crippen molar-refractivity contribution in [3.05, 3.63) is 77.5 Å². The zero-order chi connectivity index (χ0) is 24.4. The van der Waals surface area contributed by atoms with Crippen molar-refractivity contribution in [2.45, 2.75) is 34.4 Å². The Balaban J connectivity index is 0.00000188. The molecular formula is C27H39N5O2. The molecule has 0 radical (unpaired) electrons. The standard InChI is InChI=1S/C24H29N5O2.C2H6.CH4/c1-28(2)15-20-11-12-22(23(25)26-20)31-16-17-7-5-9-19(13-17)27-24(30)18-8-6-10-21(14-18)29(3)4;1-2;/h5-14H,15-16H2,1-4H3,(H2,25,26)(H,27,30);1-2H3;1H4. The van der Waals surface area contributed by atoms with Gasteiger partial charge in [-0.2, -0.15) is 0 Å². The minimum atomic E-state index is -0.160. The zero-order valence-electron chi connectivity index (χ0n) is 20.4. The Labute approximate surface area is 204 Å². The van der Waals surface area contributed by atoms with Crippen molar-refractivity contribution in [3.8, 4) is 5.75 Å². The van der Waals surface area contributed by atoms with E-state index < -0.39 is 0 Å². The first-order valence-electron chi connectivity index (χ1n) is 11.0. The second-order valence-electron chi connectivity index (χ2n) is 7.81. The molecule has 1 amide bonds. The summed E-state index contributed by atoms with van der Waals surface area (Å²) in [7, 11) is 7.84. The number of nitrogen functional groups attached to an aromatic ring is 1. The zero-order valence-corrected chi connectivity index (χ0v) is 20.4.